The third-order valence-electron chi connectivity index (χ3n) is 6.15. The summed E-state index contributed by atoms with van der Waals surface area (Å²) in [7, 11) is 0. The molecule has 0 amide bonds. The van der Waals surface area contributed by atoms with Crippen molar-refractivity contribution in [3.05, 3.63) is 117 Å². The maximum absolute atomic E-state index is 13.2. The number of hydrogen-bond acceptors (Lipinski definition) is 2. The van der Waals surface area contributed by atoms with Crippen molar-refractivity contribution in [1.82, 2.24) is 0 Å². The van der Waals surface area contributed by atoms with Crippen molar-refractivity contribution < 1.29 is 9.59 Å². The molecule has 2 aliphatic rings. The molecule has 0 N–H and O–H groups in total. The molecule has 0 atom stereocenters. The minimum absolute atomic E-state index is 0.131. The third kappa shape index (κ3) is 2.31. The van der Waals surface area contributed by atoms with Gasteiger partial charge in [-0.25, -0.2) is 0 Å². The fourth-order valence-corrected chi connectivity index (χ4v) is 5.00. The highest BCUT2D eigenvalue weighted by molar-refractivity contribution is 6.36. The van der Waals surface area contributed by atoms with E-state index >= 15 is 0 Å². The SMILES string of the molecule is O=C1c2ccccc2C(=O)c2cc(-c3cccc4c3Cc3ccccc3-4)c(Cl)cc21. The lowest BCUT2D eigenvalue weighted by molar-refractivity contribution is 0.0979. The van der Waals surface area contributed by atoms with Crippen LogP contribution in [0.4, 0.5) is 0 Å². The summed E-state index contributed by atoms with van der Waals surface area (Å²) in [6.07, 6.45) is 0.824. The largest absolute Gasteiger partial charge is 0.289 e. The van der Waals surface area contributed by atoms with Crippen molar-refractivity contribution in [3.8, 4) is 22.3 Å². The predicted octanol–water partition coefficient (Wildman–Crippen LogP) is 6.35. The molecule has 0 unspecified atom stereocenters. The quantitative estimate of drug-likeness (QED) is 0.318. The summed E-state index contributed by atoms with van der Waals surface area (Å²) in [5.41, 5.74) is 8.42. The van der Waals surface area contributed by atoms with Gasteiger partial charge in [-0.3, -0.25) is 9.59 Å². The smallest absolute Gasteiger partial charge is 0.194 e. The molecule has 0 saturated heterocycles. The lowest BCUT2D eigenvalue weighted by Crippen LogP contribution is -2.21. The molecule has 2 aliphatic carbocycles. The van der Waals surface area contributed by atoms with Crippen LogP contribution in [0.2, 0.25) is 5.02 Å². The van der Waals surface area contributed by atoms with Crippen LogP contribution >= 0.6 is 11.6 Å². The van der Waals surface area contributed by atoms with E-state index in [1.54, 1.807) is 36.4 Å². The first kappa shape index (κ1) is 17.4. The summed E-state index contributed by atoms with van der Waals surface area (Å²) in [6, 6.07) is 25.0. The van der Waals surface area contributed by atoms with Crippen molar-refractivity contribution in [2.24, 2.45) is 0 Å². The summed E-state index contributed by atoms with van der Waals surface area (Å²) in [4.78, 5) is 26.1. The molecule has 2 nitrogen and oxygen atoms in total. The van der Waals surface area contributed by atoms with Crippen LogP contribution in [0.15, 0.2) is 78.9 Å². The number of benzene rings is 4. The Morgan fingerprint density at radius 2 is 1.07 bits per heavy atom. The van der Waals surface area contributed by atoms with E-state index in [0.717, 1.165) is 17.5 Å². The molecule has 3 heteroatoms. The van der Waals surface area contributed by atoms with E-state index in [1.165, 1.54) is 22.3 Å². The van der Waals surface area contributed by atoms with Gasteiger partial charge in [-0.15, -0.1) is 0 Å². The molecule has 30 heavy (non-hydrogen) atoms. The van der Waals surface area contributed by atoms with Gasteiger partial charge in [0.2, 0.25) is 0 Å². The van der Waals surface area contributed by atoms with Gasteiger partial charge in [-0.1, -0.05) is 78.3 Å². The molecule has 0 saturated carbocycles. The van der Waals surface area contributed by atoms with Crippen LogP contribution in [0.25, 0.3) is 22.3 Å². The number of fused-ring (bicyclic) bond motifs is 5. The van der Waals surface area contributed by atoms with Gasteiger partial charge in [-0.2, -0.15) is 0 Å². The molecule has 0 aromatic heterocycles. The predicted molar refractivity (Wildman–Crippen MR) is 118 cm³/mol. The van der Waals surface area contributed by atoms with Crippen molar-refractivity contribution in [1.29, 1.82) is 0 Å². The van der Waals surface area contributed by atoms with E-state index in [9.17, 15) is 9.59 Å². The summed E-state index contributed by atoms with van der Waals surface area (Å²) >= 11 is 6.69. The summed E-state index contributed by atoms with van der Waals surface area (Å²) in [6.45, 7) is 0. The van der Waals surface area contributed by atoms with Crippen molar-refractivity contribution >= 4 is 23.2 Å². The van der Waals surface area contributed by atoms with E-state index < -0.39 is 0 Å². The first-order chi connectivity index (χ1) is 14.6. The lowest BCUT2D eigenvalue weighted by Gasteiger charge is -2.20. The van der Waals surface area contributed by atoms with Crippen molar-refractivity contribution in [2.45, 2.75) is 6.42 Å². The third-order valence-corrected chi connectivity index (χ3v) is 6.47. The molecule has 142 valence electrons. The zero-order valence-electron chi connectivity index (χ0n) is 15.9. The van der Waals surface area contributed by atoms with E-state index in [2.05, 4.69) is 24.3 Å². The Morgan fingerprint density at radius 1 is 0.533 bits per heavy atom. The number of carbonyl (C=O) groups excluding carboxylic acids is 2. The van der Waals surface area contributed by atoms with Gasteiger partial charge in [0.1, 0.15) is 0 Å². The molecular weight excluding hydrogens is 392 g/mol. The first-order valence-electron chi connectivity index (χ1n) is 9.86. The van der Waals surface area contributed by atoms with Gasteiger partial charge in [0.15, 0.2) is 11.6 Å². The molecule has 4 aromatic rings. The highest BCUT2D eigenvalue weighted by Gasteiger charge is 2.31. The second-order valence-electron chi connectivity index (χ2n) is 7.75. The normalized spacial score (nSPS) is 13.5. The van der Waals surface area contributed by atoms with Gasteiger partial charge < -0.3 is 0 Å². The van der Waals surface area contributed by atoms with Crippen LogP contribution < -0.4 is 0 Å². The Labute approximate surface area is 178 Å². The van der Waals surface area contributed by atoms with Crippen LogP contribution in [0, 0.1) is 0 Å². The first-order valence-corrected chi connectivity index (χ1v) is 10.2. The Morgan fingerprint density at radius 3 is 1.77 bits per heavy atom. The van der Waals surface area contributed by atoms with Crippen LogP contribution in [0.5, 0.6) is 0 Å². The molecule has 0 heterocycles. The van der Waals surface area contributed by atoms with Gasteiger partial charge in [-0.05, 0) is 46.4 Å². The highest BCUT2D eigenvalue weighted by Crippen LogP contribution is 2.44. The van der Waals surface area contributed by atoms with Gasteiger partial charge in [0, 0.05) is 32.8 Å². The molecular formula is C27H15ClO2. The fraction of sp³-hybridized carbons (Fsp3) is 0.0370. The summed E-state index contributed by atoms with van der Waals surface area (Å²) in [5.74, 6) is -0.284. The Kier molecular flexibility index (Phi) is 3.62. The summed E-state index contributed by atoms with van der Waals surface area (Å²) in [5, 5.41) is 0.485. The highest BCUT2D eigenvalue weighted by atomic mass is 35.5. The fourth-order valence-electron chi connectivity index (χ4n) is 4.73. The lowest BCUT2D eigenvalue weighted by atomic mass is 9.82. The van der Waals surface area contributed by atoms with Gasteiger partial charge >= 0.3 is 0 Å². The maximum atomic E-state index is 13.2. The van der Waals surface area contributed by atoms with E-state index in [0.29, 0.717) is 27.3 Å². The zero-order valence-corrected chi connectivity index (χ0v) is 16.7. The summed E-state index contributed by atoms with van der Waals surface area (Å²) < 4.78 is 0. The van der Waals surface area contributed by atoms with Crippen molar-refractivity contribution in [3.63, 3.8) is 0 Å². The minimum atomic E-state index is -0.153. The Hall–Kier alpha value is -3.49. The minimum Gasteiger partial charge on any atom is -0.289 e. The molecule has 0 bridgehead atoms. The molecule has 0 radical (unpaired) electrons. The van der Waals surface area contributed by atoms with E-state index in [1.807, 2.05) is 18.2 Å². The number of rotatable bonds is 1. The van der Waals surface area contributed by atoms with E-state index in [4.69, 9.17) is 11.6 Å². The topological polar surface area (TPSA) is 34.1 Å². The number of carbonyl (C=O) groups is 2. The van der Waals surface area contributed by atoms with Crippen LogP contribution in [-0.2, 0) is 6.42 Å². The number of halogens is 1. The molecule has 4 aromatic carbocycles. The van der Waals surface area contributed by atoms with Crippen molar-refractivity contribution in [2.75, 3.05) is 0 Å². The Bertz CT molecular complexity index is 1410. The Balaban J connectivity index is 1.56. The van der Waals surface area contributed by atoms with Crippen LogP contribution in [0.1, 0.15) is 43.0 Å². The monoisotopic (exact) mass is 406 g/mol. The maximum Gasteiger partial charge on any atom is 0.194 e. The molecule has 0 fully saturated rings. The van der Waals surface area contributed by atoms with E-state index in [-0.39, 0.29) is 11.6 Å². The zero-order chi connectivity index (χ0) is 20.4. The van der Waals surface area contributed by atoms with Gasteiger partial charge in [0.25, 0.3) is 0 Å². The van der Waals surface area contributed by atoms with Gasteiger partial charge in [0.05, 0.1) is 0 Å². The molecule has 0 aliphatic heterocycles. The number of hydrogen-bond donors (Lipinski definition) is 0. The second kappa shape index (κ2) is 6.25. The van der Waals surface area contributed by atoms with Crippen LogP contribution in [-0.4, -0.2) is 11.6 Å². The van der Waals surface area contributed by atoms with Crippen LogP contribution in [0.3, 0.4) is 0 Å². The second-order valence-corrected chi connectivity index (χ2v) is 8.15. The average Bonchev–Trinajstić information content (AvgIpc) is 3.16. The number of ketones is 2. The molecule has 0 spiro atoms. The average molecular weight is 407 g/mol. The standard InChI is InChI=1S/C27H15ClO2/c28-25-14-24-23(26(29)19-8-3-4-9-20(19)27(24)30)13-22(25)18-11-5-10-17-16-7-2-1-6-15(16)12-21(17)18/h1-11,13-14H,12H2. The molecule has 6 rings (SSSR count).